The first-order valence-corrected chi connectivity index (χ1v) is 4.25. The Morgan fingerprint density at radius 2 is 1.50 bits per heavy atom. The molecule has 0 amide bonds. The molecule has 0 aromatic carbocycles. The van der Waals surface area contributed by atoms with Gasteiger partial charge in [-0.25, -0.2) is 0 Å². The summed E-state index contributed by atoms with van der Waals surface area (Å²) in [6.07, 6.45) is -0.218. The van der Waals surface area contributed by atoms with Crippen molar-refractivity contribution in [3.63, 3.8) is 0 Å². The van der Waals surface area contributed by atoms with E-state index in [0.717, 1.165) is 11.4 Å². The van der Waals surface area contributed by atoms with Gasteiger partial charge in [0.1, 0.15) is 12.1 Å². The zero-order chi connectivity index (χ0) is 11.2. The average Bonchev–Trinajstić information content (AvgIpc) is 1.82. The van der Waals surface area contributed by atoms with E-state index in [1.165, 1.54) is 0 Å². The Kier molecular flexibility index (Phi) is 11.8. The number of halogens is 1. The molecule has 0 aliphatic rings. The van der Waals surface area contributed by atoms with Gasteiger partial charge in [0.05, 0.1) is 21.1 Å². The number of hydrogen-bond donors (Lipinski definition) is 1. The summed E-state index contributed by atoms with van der Waals surface area (Å²) in [4.78, 5) is 8.89. The molecule has 1 N–H and O–H groups in total. The highest BCUT2D eigenvalue weighted by atomic mass is 127. The number of carboxylic acids is 1. The maximum Gasteiger partial charge on any atom is 0.111 e. The molecule has 2 atom stereocenters. The number of nitrogens with zero attached hydrogens (tertiary/aromatic N) is 1. The van der Waals surface area contributed by atoms with E-state index < -0.39 is 5.97 Å². The third kappa shape index (κ3) is 14.6. The third-order valence-corrected chi connectivity index (χ3v) is 1.92. The van der Waals surface area contributed by atoms with Crippen LogP contribution in [0.5, 0.6) is 0 Å². The second-order valence-corrected chi connectivity index (χ2v) is 4.09. The fourth-order valence-corrected chi connectivity index (χ4v) is 0.647. The number of carbonyl (C=O) groups is 1. The molecule has 0 heterocycles. The SMILES string of the molecule is CC(=O)[O-].CC(O)C(C)[N+](C)(C)C.I. The molecule has 0 aliphatic carbocycles. The number of rotatable bonds is 2. The lowest BCUT2D eigenvalue weighted by Gasteiger charge is -2.33. The average molecular weight is 319 g/mol. The van der Waals surface area contributed by atoms with Gasteiger partial charge in [-0.2, -0.15) is 0 Å². The molecule has 5 heteroatoms. The molecule has 0 saturated heterocycles. The van der Waals surface area contributed by atoms with Crippen LogP contribution in [0.4, 0.5) is 0 Å². The summed E-state index contributed by atoms with van der Waals surface area (Å²) >= 11 is 0. The van der Waals surface area contributed by atoms with E-state index in [-0.39, 0.29) is 30.1 Å². The van der Waals surface area contributed by atoms with Crippen LogP contribution < -0.4 is 5.11 Å². The van der Waals surface area contributed by atoms with Crippen LogP contribution in [0.2, 0.25) is 0 Å². The molecule has 0 aliphatic heterocycles. The first-order valence-electron chi connectivity index (χ1n) is 4.25. The van der Waals surface area contributed by atoms with Crippen LogP contribution >= 0.6 is 24.0 Å². The zero-order valence-electron chi connectivity index (χ0n) is 9.77. The minimum absolute atomic E-state index is 0. The van der Waals surface area contributed by atoms with Crippen molar-refractivity contribution in [1.29, 1.82) is 0 Å². The largest absolute Gasteiger partial charge is 0.550 e. The highest BCUT2D eigenvalue weighted by molar-refractivity contribution is 14.0. The summed E-state index contributed by atoms with van der Waals surface area (Å²) < 4.78 is 0.817. The molecule has 0 rings (SSSR count). The van der Waals surface area contributed by atoms with Crippen molar-refractivity contribution >= 4 is 29.9 Å². The van der Waals surface area contributed by atoms with Gasteiger partial charge in [0.2, 0.25) is 0 Å². The van der Waals surface area contributed by atoms with E-state index >= 15 is 0 Å². The standard InChI is InChI=1S/C7H18NO.C2H4O2.HI/c1-6(7(2)9)8(3,4)5;1-2(3)4;/h6-7,9H,1-5H3;1H3,(H,3,4);1H/q+1;;/p-1. The van der Waals surface area contributed by atoms with Crippen LogP contribution in [0.1, 0.15) is 20.8 Å². The van der Waals surface area contributed by atoms with E-state index in [2.05, 4.69) is 21.1 Å². The van der Waals surface area contributed by atoms with E-state index in [1.54, 1.807) is 0 Å². The lowest BCUT2D eigenvalue weighted by atomic mass is 10.2. The third-order valence-electron chi connectivity index (χ3n) is 1.92. The quantitative estimate of drug-likeness (QED) is 0.568. The molecule has 88 valence electrons. The van der Waals surface area contributed by atoms with Crippen LogP contribution in [-0.4, -0.2) is 48.8 Å². The number of aliphatic hydroxyl groups excluding tert-OH is 1. The number of carboxylic acid groups (broad SMARTS) is 1. The molecule has 14 heavy (non-hydrogen) atoms. The molecule has 0 aromatic rings. The van der Waals surface area contributed by atoms with Crippen molar-refractivity contribution in [2.75, 3.05) is 21.1 Å². The number of aliphatic hydroxyl groups is 1. The van der Waals surface area contributed by atoms with Crippen molar-refractivity contribution in [2.24, 2.45) is 0 Å². The van der Waals surface area contributed by atoms with Crippen LogP contribution in [-0.2, 0) is 4.79 Å². The summed E-state index contributed by atoms with van der Waals surface area (Å²) in [6, 6.07) is 0.310. The topological polar surface area (TPSA) is 60.4 Å². The summed E-state index contributed by atoms with van der Waals surface area (Å²) in [7, 11) is 6.24. The Hall–Kier alpha value is 0.120. The number of quaternary nitrogens is 1. The molecular weight excluding hydrogens is 297 g/mol. The van der Waals surface area contributed by atoms with Gasteiger partial charge in [-0.05, 0) is 20.8 Å². The monoisotopic (exact) mass is 319 g/mol. The van der Waals surface area contributed by atoms with Crippen molar-refractivity contribution in [2.45, 2.75) is 32.9 Å². The summed E-state index contributed by atoms with van der Waals surface area (Å²) in [6.45, 7) is 4.85. The van der Waals surface area contributed by atoms with E-state index in [0.29, 0.717) is 6.04 Å². The molecule has 0 saturated carbocycles. The second kappa shape index (κ2) is 8.43. The zero-order valence-corrected chi connectivity index (χ0v) is 12.1. The number of hydrogen-bond acceptors (Lipinski definition) is 3. The minimum atomic E-state index is -1.08. The van der Waals surface area contributed by atoms with Gasteiger partial charge in [0.25, 0.3) is 0 Å². The fraction of sp³-hybridized carbons (Fsp3) is 0.889. The first-order chi connectivity index (χ1) is 5.59. The maximum absolute atomic E-state index is 9.14. The fourth-order valence-electron chi connectivity index (χ4n) is 0.647. The molecular formula is C9H22INO3. The smallest absolute Gasteiger partial charge is 0.111 e. The number of carbonyl (C=O) groups excluding carboxylic acids is 1. The van der Waals surface area contributed by atoms with E-state index in [1.807, 2.05) is 13.8 Å². The second-order valence-electron chi connectivity index (χ2n) is 4.09. The van der Waals surface area contributed by atoms with Crippen LogP contribution in [0.15, 0.2) is 0 Å². The molecule has 0 radical (unpaired) electrons. The lowest BCUT2D eigenvalue weighted by molar-refractivity contribution is -0.897. The normalized spacial score (nSPS) is 14.2. The summed E-state index contributed by atoms with van der Waals surface area (Å²) in [5.74, 6) is -1.08. The Labute approximate surface area is 104 Å². The van der Waals surface area contributed by atoms with Gasteiger partial charge in [0, 0.05) is 5.97 Å². The highest BCUT2D eigenvalue weighted by Gasteiger charge is 2.22. The van der Waals surface area contributed by atoms with Crippen molar-refractivity contribution in [3.8, 4) is 0 Å². The first kappa shape index (κ1) is 19.7. The molecule has 0 spiro atoms. The van der Waals surface area contributed by atoms with Gasteiger partial charge in [-0.1, -0.05) is 0 Å². The van der Waals surface area contributed by atoms with E-state index in [9.17, 15) is 0 Å². The molecule has 2 unspecified atom stereocenters. The van der Waals surface area contributed by atoms with Crippen molar-refractivity contribution in [3.05, 3.63) is 0 Å². The van der Waals surface area contributed by atoms with Gasteiger partial charge < -0.3 is 19.5 Å². The number of aliphatic carboxylic acids is 1. The Balaban J connectivity index is -0.000000209. The summed E-state index contributed by atoms with van der Waals surface area (Å²) in [5.41, 5.74) is 0. The molecule has 0 fully saturated rings. The summed E-state index contributed by atoms with van der Waals surface area (Å²) in [5, 5.41) is 18.0. The maximum atomic E-state index is 9.14. The molecule has 4 nitrogen and oxygen atoms in total. The van der Waals surface area contributed by atoms with Gasteiger partial charge >= 0.3 is 0 Å². The lowest BCUT2D eigenvalue weighted by Crippen LogP contribution is -2.48. The van der Waals surface area contributed by atoms with Crippen molar-refractivity contribution < 1.29 is 19.5 Å². The van der Waals surface area contributed by atoms with Crippen LogP contribution in [0, 0.1) is 0 Å². The van der Waals surface area contributed by atoms with E-state index in [4.69, 9.17) is 15.0 Å². The highest BCUT2D eigenvalue weighted by Crippen LogP contribution is 2.05. The van der Waals surface area contributed by atoms with Gasteiger partial charge in [-0.15, -0.1) is 24.0 Å². The Bertz CT molecular complexity index is 151. The Morgan fingerprint density at radius 1 is 1.29 bits per heavy atom. The van der Waals surface area contributed by atoms with Crippen LogP contribution in [0.3, 0.4) is 0 Å². The predicted molar refractivity (Wildman–Crippen MR) is 65.3 cm³/mol. The van der Waals surface area contributed by atoms with Crippen molar-refractivity contribution in [1.82, 2.24) is 0 Å². The van der Waals surface area contributed by atoms with Gasteiger partial charge in [0.15, 0.2) is 0 Å². The predicted octanol–water partition coefficient (Wildman–Crippen LogP) is -0.164. The minimum Gasteiger partial charge on any atom is -0.550 e. The molecule has 0 aromatic heterocycles. The van der Waals surface area contributed by atoms with Gasteiger partial charge in [-0.3, -0.25) is 0 Å². The Morgan fingerprint density at radius 3 is 1.50 bits per heavy atom. The molecule has 0 bridgehead atoms. The van der Waals surface area contributed by atoms with Crippen LogP contribution in [0.25, 0.3) is 0 Å². The number of likely N-dealkylation sites (N-methyl/N-ethyl adjacent to an activating group) is 1.